The fraction of sp³-hybridized carbons (Fsp3) is 0. The van der Waals surface area contributed by atoms with Gasteiger partial charge in [0, 0.05) is 12.1 Å². The topological polar surface area (TPSA) is 94.1 Å². The molecular weight excluding hydrogens is 182 g/mol. The van der Waals surface area contributed by atoms with Gasteiger partial charge in [0.05, 0.1) is 8.84 Å². The number of phenols is 1. The molecule has 0 aliphatic rings. The fourth-order valence-corrected chi connectivity index (χ4v) is 1.29. The van der Waals surface area contributed by atoms with Crippen LogP contribution >= 0.6 is 0 Å². The van der Waals surface area contributed by atoms with Gasteiger partial charge in [0.25, 0.3) is 0 Å². The van der Waals surface area contributed by atoms with Crippen LogP contribution in [-0.2, 0) is 23.5 Å². The average Bonchev–Trinajstić information content (AvgIpc) is 2.05. The number of rotatable bonds is 2. The molecule has 1 radical (unpaired) electrons. The zero-order valence-corrected chi connectivity index (χ0v) is 6.91. The van der Waals surface area contributed by atoms with Gasteiger partial charge in [0.1, 0.15) is 5.75 Å². The van der Waals surface area contributed by atoms with Gasteiger partial charge in [0.2, 0.25) is 4.90 Å². The molecule has 1 unspecified atom stereocenters. The van der Waals surface area contributed by atoms with Gasteiger partial charge in [0.15, 0.2) is 0 Å². The predicted molar refractivity (Wildman–Crippen MR) is 39.1 cm³/mol. The molecule has 65 valence electrons. The third-order valence-electron chi connectivity index (χ3n) is 1.28. The molecule has 1 aromatic carbocycles. The van der Waals surface area contributed by atoms with Gasteiger partial charge in [-0.3, -0.25) is 0 Å². The standard InChI is InChI=1S/C6H7NO4S/c7-11-12(9,10)6-3-1-5(8)2-4-6/h1-4H,7H3/q+1/p+1. The van der Waals surface area contributed by atoms with Crippen molar-refractivity contribution in [3.8, 4) is 5.75 Å². The summed E-state index contributed by atoms with van der Waals surface area (Å²) in [7, 11) is -3.74. The summed E-state index contributed by atoms with van der Waals surface area (Å²) in [4.78, 5) is -0.0321. The largest absolute Gasteiger partial charge is 0.508 e. The highest BCUT2D eigenvalue weighted by atomic mass is 32.3. The van der Waals surface area contributed by atoms with Crippen LogP contribution in [0.3, 0.4) is 0 Å². The summed E-state index contributed by atoms with van der Waals surface area (Å²) in [5.74, 6) is 2.80. The molecule has 0 spiro atoms. The molecule has 5 nitrogen and oxygen atoms in total. The van der Waals surface area contributed by atoms with E-state index in [4.69, 9.17) is 5.11 Å². The Labute approximate surface area is 70.2 Å². The van der Waals surface area contributed by atoms with Crippen LogP contribution in [0, 0.1) is 0 Å². The van der Waals surface area contributed by atoms with Crippen molar-refractivity contribution in [2.75, 3.05) is 0 Å². The Kier molecular flexibility index (Phi) is 2.43. The van der Waals surface area contributed by atoms with Gasteiger partial charge >= 0.3 is 10.5 Å². The van der Waals surface area contributed by atoms with E-state index in [2.05, 4.69) is 10.2 Å². The van der Waals surface area contributed by atoms with E-state index in [0.29, 0.717) is 0 Å². The highest BCUT2D eigenvalue weighted by Crippen LogP contribution is 2.19. The second-order valence-corrected chi connectivity index (χ2v) is 3.68. The maximum atomic E-state index is 10.9. The van der Waals surface area contributed by atoms with Crippen LogP contribution in [0.2, 0.25) is 0 Å². The highest BCUT2D eigenvalue weighted by Gasteiger charge is 2.36. The van der Waals surface area contributed by atoms with Gasteiger partial charge < -0.3 is 5.11 Å². The van der Waals surface area contributed by atoms with Crippen LogP contribution in [0.15, 0.2) is 29.2 Å². The molecule has 1 rings (SSSR count). The first-order valence-electron chi connectivity index (χ1n) is 3.04. The van der Waals surface area contributed by atoms with E-state index in [0.717, 1.165) is 0 Å². The van der Waals surface area contributed by atoms with Crippen molar-refractivity contribution in [1.29, 1.82) is 0 Å². The van der Waals surface area contributed by atoms with E-state index < -0.39 is 10.5 Å². The number of quaternary nitrogens is 1. The van der Waals surface area contributed by atoms with E-state index in [-0.39, 0.29) is 10.6 Å². The van der Waals surface area contributed by atoms with Gasteiger partial charge in [-0.1, -0.05) is 0 Å². The normalized spacial score (nSPS) is 15.5. The smallest absolute Gasteiger partial charge is 0.482 e. The minimum Gasteiger partial charge on any atom is -0.508 e. The quantitative estimate of drug-likeness (QED) is 0.494. The van der Waals surface area contributed by atoms with Gasteiger partial charge in [-0.05, 0) is 16.3 Å². The minimum absolute atomic E-state index is 0.00184. The van der Waals surface area contributed by atoms with E-state index in [1.807, 2.05) is 0 Å². The number of aromatic hydroxyl groups is 1. The first-order chi connectivity index (χ1) is 5.56. The van der Waals surface area contributed by atoms with E-state index >= 15 is 0 Å². The highest BCUT2D eigenvalue weighted by molar-refractivity contribution is 7.92. The van der Waals surface area contributed by atoms with Crippen molar-refractivity contribution in [1.82, 2.24) is 0 Å². The van der Waals surface area contributed by atoms with E-state index in [9.17, 15) is 8.76 Å². The van der Waals surface area contributed by atoms with Gasteiger partial charge in [-0.25, -0.2) is 0 Å². The van der Waals surface area contributed by atoms with E-state index in [1.54, 1.807) is 0 Å². The maximum Gasteiger partial charge on any atom is 0.482 e. The zero-order valence-electron chi connectivity index (χ0n) is 6.10. The zero-order chi connectivity index (χ0) is 9.19. The van der Waals surface area contributed by atoms with E-state index in [1.165, 1.54) is 24.3 Å². The Morgan fingerprint density at radius 2 is 1.83 bits per heavy atom. The van der Waals surface area contributed by atoms with Crippen LogP contribution in [0.1, 0.15) is 0 Å². The lowest BCUT2D eigenvalue weighted by atomic mass is 10.3. The summed E-state index contributed by atoms with van der Waals surface area (Å²) < 4.78 is 25.9. The SMILES string of the molecule is [NH3+]O[S+]([O])(=O)c1ccc(O)cc1. The van der Waals surface area contributed by atoms with Crippen molar-refractivity contribution >= 4 is 10.5 Å². The van der Waals surface area contributed by atoms with Crippen molar-refractivity contribution in [2.45, 2.75) is 4.90 Å². The third kappa shape index (κ3) is 1.80. The second kappa shape index (κ2) is 3.20. The predicted octanol–water partition coefficient (Wildman–Crippen LogP) is -0.315. The summed E-state index contributed by atoms with van der Waals surface area (Å²) in [5.41, 5.74) is 0. The molecule has 0 saturated carbocycles. The summed E-state index contributed by atoms with van der Waals surface area (Å²) in [6.45, 7) is 0. The molecule has 0 aliphatic heterocycles. The number of phenolic OH excluding ortho intramolecular Hbond substituents is 1. The number of hydrogen-bond acceptors (Lipinski definition) is 3. The van der Waals surface area contributed by atoms with Gasteiger partial charge in [-0.2, -0.15) is 5.90 Å². The first kappa shape index (κ1) is 9.14. The van der Waals surface area contributed by atoms with Crippen molar-refractivity contribution in [3.63, 3.8) is 0 Å². The van der Waals surface area contributed by atoms with Crippen LogP contribution in [0.4, 0.5) is 0 Å². The molecule has 4 N–H and O–H groups in total. The second-order valence-electron chi connectivity index (χ2n) is 2.07. The molecule has 0 heterocycles. The molecule has 1 atom stereocenters. The van der Waals surface area contributed by atoms with Crippen LogP contribution in [-0.4, -0.2) is 5.11 Å². The van der Waals surface area contributed by atoms with Crippen molar-refractivity contribution in [2.24, 2.45) is 0 Å². The Bertz CT molecular complexity index is 310. The average molecular weight is 190 g/mol. The Morgan fingerprint density at radius 1 is 1.33 bits per heavy atom. The Balaban J connectivity index is 3.05. The molecule has 0 amide bonds. The number of benzene rings is 1. The molecule has 12 heavy (non-hydrogen) atoms. The van der Waals surface area contributed by atoms with Crippen LogP contribution in [0.25, 0.3) is 0 Å². The molecule has 1 aromatic rings. The van der Waals surface area contributed by atoms with Crippen LogP contribution < -0.4 is 5.90 Å². The maximum absolute atomic E-state index is 10.9. The Morgan fingerprint density at radius 3 is 2.25 bits per heavy atom. The summed E-state index contributed by atoms with van der Waals surface area (Å²) in [6, 6.07) is 4.98. The minimum atomic E-state index is -3.74. The van der Waals surface area contributed by atoms with Crippen molar-refractivity contribution in [3.05, 3.63) is 24.3 Å². The summed E-state index contributed by atoms with van der Waals surface area (Å²) in [5, 5.41) is 8.84. The molecular formula is C6H8NO4S+2. The summed E-state index contributed by atoms with van der Waals surface area (Å²) in [6.07, 6.45) is 0. The van der Waals surface area contributed by atoms with Gasteiger partial charge in [-0.15, -0.1) is 0 Å². The molecule has 6 heteroatoms. The first-order valence-corrected chi connectivity index (χ1v) is 4.45. The van der Waals surface area contributed by atoms with Crippen molar-refractivity contribution < 1.29 is 24.0 Å². The fourth-order valence-electron chi connectivity index (χ4n) is 0.681. The third-order valence-corrected chi connectivity index (χ3v) is 2.44. The molecule has 0 aromatic heterocycles. The lowest BCUT2D eigenvalue weighted by Crippen LogP contribution is -2.52. The molecule has 0 saturated heterocycles. The molecule has 0 bridgehead atoms. The number of hydrogen-bond donors (Lipinski definition) is 2. The lowest BCUT2D eigenvalue weighted by molar-refractivity contribution is -0.637. The Hall–Kier alpha value is -0.950. The molecule has 0 aliphatic carbocycles. The lowest BCUT2D eigenvalue weighted by Gasteiger charge is -1.93. The summed E-state index contributed by atoms with van der Waals surface area (Å²) >= 11 is 0. The molecule has 0 fully saturated rings. The van der Waals surface area contributed by atoms with Crippen LogP contribution in [0.5, 0.6) is 5.75 Å². The monoisotopic (exact) mass is 190 g/mol.